The number of hydrogen-bond donors (Lipinski definition) is 0. The fraction of sp³-hybridized carbons (Fsp3) is 0.188. The van der Waals surface area contributed by atoms with Gasteiger partial charge in [-0.25, -0.2) is 13.2 Å². The van der Waals surface area contributed by atoms with Crippen molar-refractivity contribution in [3.8, 4) is 0 Å². The Kier molecular flexibility index (Phi) is 4.62. The summed E-state index contributed by atoms with van der Waals surface area (Å²) >= 11 is 0. The van der Waals surface area contributed by atoms with Crippen molar-refractivity contribution in [1.29, 1.82) is 0 Å². The summed E-state index contributed by atoms with van der Waals surface area (Å²) in [6.45, 7) is 2.33. The summed E-state index contributed by atoms with van der Waals surface area (Å²) in [7, 11) is 0. The van der Waals surface area contributed by atoms with Crippen LogP contribution in [0.1, 0.15) is 22.8 Å². The molecule has 110 valence electrons. The van der Waals surface area contributed by atoms with Gasteiger partial charge in [0.15, 0.2) is 11.6 Å². The third-order valence-electron chi connectivity index (χ3n) is 3.12. The number of hydrogen-bond acceptors (Lipinski definition) is 1. The lowest BCUT2D eigenvalue weighted by atomic mass is 10.1. The zero-order chi connectivity index (χ0) is 15.4. The molecule has 0 saturated heterocycles. The van der Waals surface area contributed by atoms with Gasteiger partial charge in [-0.1, -0.05) is 6.07 Å². The topological polar surface area (TPSA) is 20.3 Å². The molecular formula is C16H14F3NO. The molecule has 2 aromatic carbocycles. The van der Waals surface area contributed by atoms with Gasteiger partial charge in [0.05, 0.1) is 0 Å². The molecule has 0 N–H and O–H groups in total. The number of carbonyl (C=O) groups excluding carboxylic acids is 1. The van der Waals surface area contributed by atoms with Gasteiger partial charge in [-0.05, 0) is 48.9 Å². The predicted octanol–water partition coefficient (Wildman–Crippen LogP) is 3.77. The van der Waals surface area contributed by atoms with Gasteiger partial charge in [0, 0.05) is 18.7 Å². The summed E-state index contributed by atoms with van der Waals surface area (Å²) in [5.41, 5.74) is 0.840. The second-order valence-electron chi connectivity index (χ2n) is 4.57. The summed E-state index contributed by atoms with van der Waals surface area (Å²) < 4.78 is 38.9. The van der Waals surface area contributed by atoms with Gasteiger partial charge in [0.1, 0.15) is 5.82 Å². The largest absolute Gasteiger partial charge is 0.335 e. The van der Waals surface area contributed by atoms with Crippen LogP contribution >= 0.6 is 0 Å². The summed E-state index contributed by atoms with van der Waals surface area (Å²) in [4.78, 5) is 13.8. The van der Waals surface area contributed by atoms with Crippen LogP contribution in [0.2, 0.25) is 0 Å². The molecule has 5 heteroatoms. The number of nitrogens with zero attached hydrogens (tertiary/aromatic N) is 1. The van der Waals surface area contributed by atoms with Crippen LogP contribution in [0.5, 0.6) is 0 Å². The van der Waals surface area contributed by atoms with E-state index in [4.69, 9.17) is 0 Å². The van der Waals surface area contributed by atoms with Crippen molar-refractivity contribution in [1.82, 2.24) is 4.90 Å². The minimum atomic E-state index is -0.946. The number of carbonyl (C=O) groups is 1. The second-order valence-corrected chi connectivity index (χ2v) is 4.57. The first-order valence-corrected chi connectivity index (χ1v) is 6.50. The molecule has 21 heavy (non-hydrogen) atoms. The van der Waals surface area contributed by atoms with Crippen LogP contribution < -0.4 is 0 Å². The van der Waals surface area contributed by atoms with Crippen LogP contribution in [-0.4, -0.2) is 17.4 Å². The zero-order valence-corrected chi connectivity index (χ0v) is 11.4. The molecule has 0 bridgehead atoms. The summed E-state index contributed by atoms with van der Waals surface area (Å²) in [6, 6.07) is 8.73. The molecule has 0 heterocycles. The first-order valence-electron chi connectivity index (χ1n) is 6.50. The molecule has 0 spiro atoms. The van der Waals surface area contributed by atoms with E-state index in [1.54, 1.807) is 6.92 Å². The lowest BCUT2D eigenvalue weighted by Gasteiger charge is -2.21. The van der Waals surface area contributed by atoms with Crippen LogP contribution in [0.15, 0.2) is 42.5 Å². The van der Waals surface area contributed by atoms with Crippen LogP contribution in [0.3, 0.4) is 0 Å². The SMILES string of the molecule is CCN(Cc1ccc(F)c(F)c1)C(=O)c1ccc(F)cc1. The monoisotopic (exact) mass is 293 g/mol. The van der Waals surface area contributed by atoms with Crippen molar-refractivity contribution in [2.75, 3.05) is 6.54 Å². The van der Waals surface area contributed by atoms with Gasteiger partial charge in [-0.2, -0.15) is 0 Å². The first-order chi connectivity index (χ1) is 10.0. The Balaban J connectivity index is 2.17. The van der Waals surface area contributed by atoms with Crippen LogP contribution in [0, 0.1) is 17.5 Å². The van der Waals surface area contributed by atoms with E-state index in [0.29, 0.717) is 17.7 Å². The quantitative estimate of drug-likeness (QED) is 0.840. The molecule has 0 unspecified atom stereocenters. The maximum atomic E-state index is 13.2. The van der Waals surface area contributed by atoms with E-state index < -0.39 is 17.5 Å². The normalized spacial score (nSPS) is 10.5. The molecule has 0 aromatic heterocycles. The Morgan fingerprint density at radius 1 is 1.00 bits per heavy atom. The molecule has 0 aliphatic heterocycles. The summed E-state index contributed by atoms with van der Waals surface area (Å²) in [5.74, 6) is -2.58. The van der Waals surface area contributed by atoms with Crippen LogP contribution in [0.25, 0.3) is 0 Å². The van der Waals surface area contributed by atoms with E-state index in [1.165, 1.54) is 35.2 Å². The van der Waals surface area contributed by atoms with E-state index in [0.717, 1.165) is 12.1 Å². The number of amides is 1. The average Bonchev–Trinajstić information content (AvgIpc) is 2.48. The molecule has 0 fully saturated rings. The van der Waals surface area contributed by atoms with Gasteiger partial charge in [-0.15, -0.1) is 0 Å². The Bertz CT molecular complexity index is 640. The molecule has 0 saturated carbocycles. The predicted molar refractivity (Wildman–Crippen MR) is 73.2 cm³/mol. The fourth-order valence-corrected chi connectivity index (χ4v) is 1.96. The highest BCUT2D eigenvalue weighted by atomic mass is 19.2. The standard InChI is InChI=1S/C16H14F3NO/c1-2-20(10-11-3-8-14(18)15(19)9-11)16(21)12-4-6-13(17)7-5-12/h3-9H,2,10H2,1H3. The molecule has 0 atom stereocenters. The van der Waals surface area contributed by atoms with Crippen LogP contribution in [-0.2, 0) is 6.54 Å². The summed E-state index contributed by atoms with van der Waals surface area (Å²) in [5, 5.41) is 0. The molecule has 2 nitrogen and oxygen atoms in total. The number of benzene rings is 2. The minimum absolute atomic E-state index is 0.157. The van der Waals surface area contributed by atoms with Gasteiger partial charge < -0.3 is 4.90 Å². The minimum Gasteiger partial charge on any atom is -0.335 e. The average molecular weight is 293 g/mol. The fourth-order valence-electron chi connectivity index (χ4n) is 1.96. The van der Waals surface area contributed by atoms with Gasteiger partial charge in [0.2, 0.25) is 0 Å². The van der Waals surface area contributed by atoms with E-state index in [2.05, 4.69) is 0 Å². The van der Waals surface area contributed by atoms with Crippen LogP contribution in [0.4, 0.5) is 13.2 Å². The van der Waals surface area contributed by atoms with E-state index >= 15 is 0 Å². The van der Waals surface area contributed by atoms with Gasteiger partial charge >= 0.3 is 0 Å². The molecule has 1 amide bonds. The van der Waals surface area contributed by atoms with Crippen molar-refractivity contribution >= 4 is 5.91 Å². The van der Waals surface area contributed by atoms with Crippen molar-refractivity contribution in [2.24, 2.45) is 0 Å². The lowest BCUT2D eigenvalue weighted by molar-refractivity contribution is 0.0752. The number of halogens is 3. The van der Waals surface area contributed by atoms with E-state index in [1.807, 2.05) is 0 Å². The smallest absolute Gasteiger partial charge is 0.254 e. The summed E-state index contributed by atoms with van der Waals surface area (Å²) in [6.07, 6.45) is 0. The highest BCUT2D eigenvalue weighted by Gasteiger charge is 2.15. The Morgan fingerprint density at radius 2 is 1.67 bits per heavy atom. The maximum absolute atomic E-state index is 13.2. The van der Waals surface area contributed by atoms with Crippen molar-refractivity contribution in [2.45, 2.75) is 13.5 Å². The Hall–Kier alpha value is -2.30. The second kappa shape index (κ2) is 6.43. The first kappa shape index (κ1) is 15.1. The zero-order valence-electron chi connectivity index (χ0n) is 11.4. The van der Waals surface area contributed by atoms with E-state index in [-0.39, 0.29) is 12.5 Å². The third-order valence-corrected chi connectivity index (χ3v) is 3.12. The molecule has 0 aliphatic rings. The van der Waals surface area contributed by atoms with Crippen molar-refractivity contribution in [3.63, 3.8) is 0 Å². The van der Waals surface area contributed by atoms with Gasteiger partial charge in [-0.3, -0.25) is 4.79 Å². The Morgan fingerprint density at radius 3 is 2.24 bits per heavy atom. The lowest BCUT2D eigenvalue weighted by Crippen LogP contribution is -2.30. The third kappa shape index (κ3) is 3.62. The molecule has 0 radical (unpaired) electrons. The number of rotatable bonds is 4. The van der Waals surface area contributed by atoms with Crippen molar-refractivity contribution in [3.05, 3.63) is 71.0 Å². The Labute approximate surface area is 120 Å². The molecular weight excluding hydrogens is 279 g/mol. The molecule has 2 rings (SSSR count). The highest BCUT2D eigenvalue weighted by Crippen LogP contribution is 2.13. The van der Waals surface area contributed by atoms with Gasteiger partial charge in [0.25, 0.3) is 5.91 Å². The highest BCUT2D eigenvalue weighted by molar-refractivity contribution is 5.94. The van der Waals surface area contributed by atoms with E-state index in [9.17, 15) is 18.0 Å². The van der Waals surface area contributed by atoms with Crippen molar-refractivity contribution < 1.29 is 18.0 Å². The maximum Gasteiger partial charge on any atom is 0.254 e. The molecule has 2 aromatic rings. The molecule has 0 aliphatic carbocycles.